The van der Waals surface area contributed by atoms with Crippen molar-refractivity contribution in [2.24, 2.45) is 5.92 Å². The van der Waals surface area contributed by atoms with E-state index < -0.39 is 23.6 Å². The molecule has 0 radical (unpaired) electrons. The van der Waals surface area contributed by atoms with Gasteiger partial charge in [0.25, 0.3) is 0 Å². The highest BCUT2D eigenvalue weighted by Gasteiger charge is 2.18. The average Bonchev–Trinajstić information content (AvgIpc) is 2.31. The van der Waals surface area contributed by atoms with E-state index in [0.717, 1.165) is 0 Å². The van der Waals surface area contributed by atoms with Crippen molar-refractivity contribution in [1.82, 2.24) is 5.32 Å². The molecule has 130 valence electrons. The predicted octanol–water partition coefficient (Wildman–Crippen LogP) is 2.58. The Bertz CT molecular complexity index is 362. The van der Waals surface area contributed by atoms with E-state index >= 15 is 0 Å². The molecule has 0 heterocycles. The molecule has 0 aliphatic rings. The lowest BCUT2D eigenvalue weighted by Crippen LogP contribution is -2.34. The van der Waals surface area contributed by atoms with Crippen LogP contribution in [0.3, 0.4) is 0 Å². The first-order chi connectivity index (χ1) is 9.61. The second kappa shape index (κ2) is 10.9. The van der Waals surface area contributed by atoms with Crippen LogP contribution in [-0.2, 0) is 19.1 Å². The second-order valence-corrected chi connectivity index (χ2v) is 5.78. The number of rotatable bonds is 8. The van der Waals surface area contributed by atoms with Gasteiger partial charge in [0.2, 0.25) is 0 Å². The summed E-state index contributed by atoms with van der Waals surface area (Å²) in [5, 5.41) is 11.0. The highest BCUT2D eigenvalue weighted by Crippen LogP contribution is 2.07. The lowest BCUT2D eigenvalue weighted by molar-refractivity contribution is -0.149. The number of carboxylic acid groups (broad SMARTS) is 1. The lowest BCUT2D eigenvalue weighted by Gasteiger charge is -2.20. The number of hydrogen-bond donors (Lipinski definition) is 2. The van der Waals surface area contributed by atoms with Gasteiger partial charge in [-0.3, -0.25) is 9.59 Å². The van der Waals surface area contributed by atoms with Crippen LogP contribution >= 0.6 is 0 Å². The summed E-state index contributed by atoms with van der Waals surface area (Å²) in [6, 6.07) is 0. The standard InChI is InChI=1S/C14H25NO6.CH4/c1-10(12(18)20-9-5-6-11(16)17)7-8-15-13(19)21-14(2,3)4;/h10H,5-9H2,1-4H3,(H,15,19)(H,16,17);1H4. The molecular weight excluding hydrogens is 290 g/mol. The van der Waals surface area contributed by atoms with Crippen LogP contribution in [0.15, 0.2) is 0 Å². The lowest BCUT2D eigenvalue weighted by atomic mass is 10.1. The van der Waals surface area contributed by atoms with Gasteiger partial charge in [-0.15, -0.1) is 0 Å². The Morgan fingerprint density at radius 2 is 1.82 bits per heavy atom. The Morgan fingerprint density at radius 3 is 2.32 bits per heavy atom. The topological polar surface area (TPSA) is 102 Å². The van der Waals surface area contributed by atoms with E-state index in [-0.39, 0.29) is 26.4 Å². The molecule has 7 nitrogen and oxygen atoms in total. The molecule has 0 saturated carbocycles. The van der Waals surface area contributed by atoms with Gasteiger partial charge in [-0.2, -0.15) is 0 Å². The van der Waals surface area contributed by atoms with E-state index in [4.69, 9.17) is 14.6 Å². The van der Waals surface area contributed by atoms with Crippen molar-refractivity contribution in [3.63, 3.8) is 0 Å². The van der Waals surface area contributed by atoms with E-state index in [1.54, 1.807) is 27.7 Å². The van der Waals surface area contributed by atoms with Crippen molar-refractivity contribution in [3.8, 4) is 0 Å². The zero-order valence-corrected chi connectivity index (χ0v) is 13.1. The summed E-state index contributed by atoms with van der Waals surface area (Å²) in [6.07, 6.45) is 0.174. The molecule has 0 aliphatic carbocycles. The maximum atomic E-state index is 11.6. The molecule has 2 N–H and O–H groups in total. The van der Waals surface area contributed by atoms with Crippen LogP contribution in [0.1, 0.15) is 54.4 Å². The zero-order valence-electron chi connectivity index (χ0n) is 13.1. The summed E-state index contributed by atoms with van der Waals surface area (Å²) in [6.45, 7) is 7.39. The molecule has 1 unspecified atom stereocenters. The Balaban J connectivity index is 0. The first-order valence-corrected chi connectivity index (χ1v) is 6.97. The van der Waals surface area contributed by atoms with Crippen molar-refractivity contribution in [3.05, 3.63) is 0 Å². The number of carbonyl (C=O) groups excluding carboxylic acids is 2. The van der Waals surface area contributed by atoms with Gasteiger partial charge >= 0.3 is 18.0 Å². The van der Waals surface area contributed by atoms with Gasteiger partial charge < -0.3 is 19.9 Å². The molecule has 0 rings (SSSR count). The summed E-state index contributed by atoms with van der Waals surface area (Å²) in [5.41, 5.74) is -0.557. The normalized spacial score (nSPS) is 11.8. The molecule has 0 aliphatic heterocycles. The van der Waals surface area contributed by atoms with Gasteiger partial charge in [0.05, 0.1) is 12.5 Å². The third-order valence-electron chi connectivity index (χ3n) is 2.43. The van der Waals surface area contributed by atoms with Crippen molar-refractivity contribution in [2.75, 3.05) is 13.2 Å². The number of ether oxygens (including phenoxy) is 2. The van der Waals surface area contributed by atoms with E-state index in [2.05, 4.69) is 5.32 Å². The highest BCUT2D eigenvalue weighted by molar-refractivity contribution is 5.72. The molecule has 0 spiro atoms. The van der Waals surface area contributed by atoms with E-state index in [1.807, 2.05) is 0 Å². The zero-order chi connectivity index (χ0) is 16.5. The molecule has 0 aromatic rings. The van der Waals surface area contributed by atoms with E-state index in [0.29, 0.717) is 19.4 Å². The Kier molecular flexibility index (Phi) is 11.1. The van der Waals surface area contributed by atoms with Crippen molar-refractivity contribution >= 4 is 18.0 Å². The van der Waals surface area contributed by atoms with Gasteiger partial charge in [0.15, 0.2) is 0 Å². The number of esters is 1. The average molecular weight is 319 g/mol. The second-order valence-electron chi connectivity index (χ2n) is 5.78. The van der Waals surface area contributed by atoms with Crippen LogP contribution in [0.25, 0.3) is 0 Å². The Morgan fingerprint density at radius 1 is 1.23 bits per heavy atom. The first-order valence-electron chi connectivity index (χ1n) is 6.97. The van der Waals surface area contributed by atoms with Crippen LogP contribution in [0, 0.1) is 5.92 Å². The van der Waals surface area contributed by atoms with Gasteiger partial charge in [-0.25, -0.2) is 4.79 Å². The van der Waals surface area contributed by atoms with Crippen LogP contribution in [0.4, 0.5) is 4.79 Å². The largest absolute Gasteiger partial charge is 0.481 e. The fourth-order valence-corrected chi connectivity index (χ4v) is 1.36. The van der Waals surface area contributed by atoms with Gasteiger partial charge in [0, 0.05) is 13.0 Å². The summed E-state index contributed by atoms with van der Waals surface area (Å²) in [7, 11) is 0. The van der Waals surface area contributed by atoms with Gasteiger partial charge in [0.1, 0.15) is 5.60 Å². The number of amides is 1. The minimum Gasteiger partial charge on any atom is -0.481 e. The Hall–Kier alpha value is -1.79. The van der Waals surface area contributed by atoms with E-state index in [1.165, 1.54) is 0 Å². The monoisotopic (exact) mass is 319 g/mol. The minimum atomic E-state index is -0.916. The SMILES string of the molecule is C.CC(CCNC(=O)OC(C)(C)C)C(=O)OCCCC(=O)O. The fourth-order valence-electron chi connectivity index (χ4n) is 1.36. The van der Waals surface area contributed by atoms with Gasteiger partial charge in [-0.05, 0) is 33.6 Å². The summed E-state index contributed by atoms with van der Waals surface area (Å²) >= 11 is 0. The molecule has 22 heavy (non-hydrogen) atoms. The maximum absolute atomic E-state index is 11.6. The highest BCUT2D eigenvalue weighted by atomic mass is 16.6. The maximum Gasteiger partial charge on any atom is 0.407 e. The number of aliphatic carboxylic acids is 1. The number of carboxylic acids is 1. The molecule has 0 saturated heterocycles. The summed E-state index contributed by atoms with van der Waals surface area (Å²) in [4.78, 5) is 33.2. The van der Waals surface area contributed by atoms with Crippen LogP contribution in [-0.4, -0.2) is 41.9 Å². The fraction of sp³-hybridized carbons (Fsp3) is 0.800. The first kappa shape index (κ1) is 22.5. The van der Waals surface area contributed by atoms with Crippen LogP contribution < -0.4 is 5.32 Å². The third-order valence-corrected chi connectivity index (χ3v) is 2.43. The molecule has 0 aromatic carbocycles. The molecular formula is C15H29NO6. The van der Waals surface area contributed by atoms with E-state index in [9.17, 15) is 14.4 Å². The third kappa shape index (κ3) is 13.2. The molecule has 0 aromatic heterocycles. The van der Waals surface area contributed by atoms with Crippen molar-refractivity contribution in [2.45, 2.75) is 60.0 Å². The number of nitrogens with one attached hydrogen (secondary N) is 1. The molecule has 7 heteroatoms. The van der Waals surface area contributed by atoms with Crippen LogP contribution in [0.2, 0.25) is 0 Å². The molecule has 0 fully saturated rings. The van der Waals surface area contributed by atoms with Crippen LogP contribution in [0.5, 0.6) is 0 Å². The molecule has 1 atom stereocenters. The van der Waals surface area contributed by atoms with Crippen molar-refractivity contribution < 1.29 is 29.0 Å². The van der Waals surface area contributed by atoms with Crippen molar-refractivity contribution in [1.29, 1.82) is 0 Å². The smallest absolute Gasteiger partial charge is 0.407 e. The quantitative estimate of drug-likeness (QED) is 0.526. The summed E-state index contributed by atoms with van der Waals surface area (Å²) in [5.74, 6) is -1.68. The number of hydrogen-bond acceptors (Lipinski definition) is 5. The number of carbonyl (C=O) groups is 3. The molecule has 0 bridgehead atoms. The Labute approximate surface area is 132 Å². The molecule has 1 amide bonds. The summed E-state index contributed by atoms with van der Waals surface area (Å²) < 4.78 is 10.0. The number of alkyl carbamates (subject to hydrolysis) is 1. The minimum absolute atomic E-state index is 0. The van der Waals surface area contributed by atoms with Gasteiger partial charge in [-0.1, -0.05) is 14.4 Å². The predicted molar refractivity (Wildman–Crippen MR) is 82.6 cm³/mol.